The second-order valence-electron chi connectivity index (χ2n) is 12.3. The van der Waals surface area contributed by atoms with Gasteiger partial charge in [0.2, 0.25) is 12.5 Å². The van der Waals surface area contributed by atoms with Gasteiger partial charge in [0.25, 0.3) is 17.7 Å². The van der Waals surface area contributed by atoms with Crippen LogP contribution in [0, 0.1) is 6.92 Å². The van der Waals surface area contributed by atoms with Gasteiger partial charge in [0.1, 0.15) is 35.1 Å². The second kappa shape index (κ2) is 16.2. The van der Waals surface area contributed by atoms with Crippen LogP contribution >= 0.6 is 34.7 Å². The Balaban J connectivity index is 1.29. The van der Waals surface area contributed by atoms with Crippen LogP contribution in [-0.2, 0) is 28.8 Å². The summed E-state index contributed by atoms with van der Waals surface area (Å²) in [6, 6.07) is 1.98. The van der Waals surface area contributed by atoms with E-state index in [0.29, 0.717) is 28.7 Å². The van der Waals surface area contributed by atoms with Crippen molar-refractivity contribution in [3.63, 3.8) is 0 Å². The number of carboxylic acids is 2. The van der Waals surface area contributed by atoms with Gasteiger partial charge in [0.05, 0.1) is 43.3 Å². The lowest BCUT2D eigenvalue weighted by molar-refractivity contribution is -0.911. The molecule has 2 saturated heterocycles. The summed E-state index contributed by atoms with van der Waals surface area (Å²) < 4.78 is 0.489. The quantitative estimate of drug-likeness (QED) is 0.0392. The molecule has 0 spiro atoms. The van der Waals surface area contributed by atoms with Crippen molar-refractivity contribution >= 4 is 81.6 Å². The highest BCUT2D eigenvalue weighted by Gasteiger charge is 2.55. The SMILES string of the molecule is Cc1ccc(C(=O)NCC[N+]2(CC3=C(C(=O)O)N4C(=O)[C@@H](NC(=O)/C(=N\O[C@@H](CNC=O)C(=O)O)c5csc(N)n5)[C@H]4SC3)CCCC2)c(Cl)c1O. The first-order valence-electron chi connectivity index (χ1n) is 15.9. The standard InChI is InChI=1S/C31H35ClN8O10S2/c1-15-4-5-17(20(32)24(15)42)25(43)35-6-9-40(7-2-3-8-40)11-16-12-51-28-22(27(45)39(28)23(16)30(48)49)37-26(44)21(18-13-52-31(33)36-18)38-50-19(29(46)47)10-34-14-41/h4-5,13-14,19,22,28H,2-3,6-12H2,1H3,(H7-,33,34,35,36,37,41,42,43,44,46,47,48,49)/p+1/b38-21-/t19-,22+,28+/m0/s1. The minimum absolute atomic E-state index is 0.0403. The van der Waals surface area contributed by atoms with Crippen LogP contribution in [0.1, 0.15) is 34.5 Å². The number of rotatable bonds is 16. The molecule has 3 atom stereocenters. The number of carbonyl (C=O) groups excluding carboxylic acids is 4. The van der Waals surface area contributed by atoms with E-state index in [1.807, 2.05) is 0 Å². The normalized spacial score (nSPS) is 20.0. The number of oxime groups is 1. The molecule has 1 aromatic carbocycles. The molecule has 1 aromatic heterocycles. The Morgan fingerprint density at radius 3 is 2.62 bits per heavy atom. The third kappa shape index (κ3) is 8.09. The first-order chi connectivity index (χ1) is 24.8. The zero-order chi connectivity index (χ0) is 37.7. The van der Waals surface area contributed by atoms with Crippen molar-refractivity contribution in [2.45, 2.75) is 37.3 Å². The van der Waals surface area contributed by atoms with Crippen molar-refractivity contribution in [3.8, 4) is 5.75 Å². The largest absolute Gasteiger partial charge is 0.506 e. The number of aromatic nitrogens is 1. The fourth-order valence-electron chi connectivity index (χ4n) is 6.27. The molecule has 8 N–H and O–H groups in total. The highest BCUT2D eigenvalue weighted by atomic mass is 35.5. The molecule has 52 heavy (non-hydrogen) atoms. The second-order valence-corrected chi connectivity index (χ2v) is 14.7. The average molecular weight is 780 g/mol. The Morgan fingerprint density at radius 1 is 1.25 bits per heavy atom. The van der Waals surface area contributed by atoms with E-state index in [4.69, 9.17) is 22.2 Å². The topological polar surface area (TPSA) is 263 Å². The van der Waals surface area contributed by atoms with E-state index in [1.165, 1.54) is 23.2 Å². The van der Waals surface area contributed by atoms with Crippen molar-refractivity contribution in [1.82, 2.24) is 25.8 Å². The molecular formula is C31H36ClN8O10S2+. The number of hydrogen-bond acceptors (Lipinski definition) is 13. The van der Waals surface area contributed by atoms with Crippen LogP contribution in [0.15, 0.2) is 33.9 Å². The number of thioether (sulfide) groups is 1. The fourth-order valence-corrected chi connectivity index (χ4v) is 8.45. The monoisotopic (exact) mass is 779 g/mol. The van der Waals surface area contributed by atoms with Crippen LogP contribution in [0.4, 0.5) is 5.13 Å². The lowest BCUT2D eigenvalue weighted by atomic mass is 10.0. The Labute approximate surface area is 309 Å². The maximum Gasteiger partial charge on any atom is 0.352 e. The van der Waals surface area contributed by atoms with Crippen molar-refractivity contribution < 1.29 is 53.4 Å². The number of nitrogens with one attached hydrogen (secondary N) is 3. The van der Waals surface area contributed by atoms with Gasteiger partial charge in [-0.1, -0.05) is 22.8 Å². The van der Waals surface area contributed by atoms with Crippen molar-refractivity contribution in [3.05, 3.63) is 50.6 Å². The molecule has 21 heteroatoms. The molecule has 18 nitrogen and oxygen atoms in total. The van der Waals surface area contributed by atoms with Crippen LogP contribution in [0.5, 0.6) is 5.75 Å². The number of phenols is 1. The summed E-state index contributed by atoms with van der Waals surface area (Å²) in [6.45, 7) is 3.74. The van der Waals surface area contributed by atoms with Crippen LogP contribution < -0.4 is 21.7 Å². The number of aryl methyl sites for hydroxylation is 1. The Kier molecular flexibility index (Phi) is 11.9. The molecule has 2 fully saturated rings. The van der Waals surface area contributed by atoms with Crippen molar-refractivity contribution in [2.75, 3.05) is 50.8 Å². The number of quaternary nitrogens is 1. The van der Waals surface area contributed by atoms with E-state index < -0.39 is 59.4 Å². The van der Waals surface area contributed by atoms with Gasteiger partial charge in [-0.2, -0.15) is 0 Å². The zero-order valence-corrected chi connectivity index (χ0v) is 30.1. The number of likely N-dealkylation sites (tertiary alicyclic amines) is 1. The van der Waals surface area contributed by atoms with Gasteiger partial charge in [0.15, 0.2) is 10.8 Å². The van der Waals surface area contributed by atoms with Crippen LogP contribution in [-0.4, -0.2) is 134 Å². The highest BCUT2D eigenvalue weighted by Crippen LogP contribution is 2.41. The maximum absolute atomic E-state index is 13.5. The lowest BCUT2D eigenvalue weighted by Gasteiger charge is -2.50. The number of β-lactam (4-membered cyclic amide) rings is 1. The number of carboxylic acid groups (broad SMARTS) is 2. The summed E-state index contributed by atoms with van der Waals surface area (Å²) in [5.41, 5.74) is 6.23. The first kappa shape index (κ1) is 38.3. The minimum atomic E-state index is -1.65. The number of fused-ring (bicyclic) bond motifs is 1. The Morgan fingerprint density at radius 2 is 1.98 bits per heavy atom. The molecule has 0 aliphatic carbocycles. The molecule has 0 bridgehead atoms. The third-order valence-electron chi connectivity index (χ3n) is 8.92. The van der Waals surface area contributed by atoms with E-state index in [9.17, 15) is 44.1 Å². The molecule has 278 valence electrons. The van der Waals surface area contributed by atoms with Crippen LogP contribution in [0.25, 0.3) is 0 Å². The molecule has 2 aromatic rings. The first-order valence-corrected chi connectivity index (χ1v) is 18.2. The lowest BCUT2D eigenvalue weighted by Crippen LogP contribution is -2.71. The number of nitrogens with zero attached hydrogens (tertiary/aromatic N) is 4. The number of aliphatic carboxylic acids is 2. The number of nitrogen functional groups attached to an aromatic ring is 1. The summed E-state index contributed by atoms with van der Waals surface area (Å²) in [5.74, 6) is -4.75. The maximum atomic E-state index is 13.5. The number of anilines is 1. The molecule has 0 radical (unpaired) electrons. The van der Waals surface area contributed by atoms with Gasteiger partial charge in [-0.3, -0.25) is 24.1 Å². The smallest absolute Gasteiger partial charge is 0.352 e. The molecule has 4 amide bonds. The van der Waals surface area contributed by atoms with Gasteiger partial charge >= 0.3 is 11.9 Å². The number of phenolic OH excluding ortho intramolecular Hbond substituents is 1. The van der Waals surface area contributed by atoms with Crippen molar-refractivity contribution in [2.24, 2.45) is 5.16 Å². The predicted octanol–water partition coefficient (Wildman–Crippen LogP) is 0.0918. The molecule has 3 aliphatic rings. The van der Waals surface area contributed by atoms with E-state index in [2.05, 4.69) is 26.1 Å². The number of benzene rings is 1. The van der Waals surface area contributed by atoms with Crippen molar-refractivity contribution in [1.29, 1.82) is 0 Å². The molecule has 4 heterocycles. The number of carbonyl (C=O) groups is 6. The predicted molar refractivity (Wildman–Crippen MR) is 188 cm³/mol. The van der Waals surface area contributed by atoms with E-state index in [1.54, 1.807) is 13.0 Å². The minimum Gasteiger partial charge on any atom is -0.506 e. The van der Waals surface area contributed by atoms with Crippen LogP contribution in [0.3, 0.4) is 0 Å². The molecular weight excluding hydrogens is 744 g/mol. The number of nitrogens with two attached hydrogens (primary N) is 1. The Hall–Kier alpha value is -4.92. The molecule has 0 saturated carbocycles. The van der Waals surface area contributed by atoms with Gasteiger partial charge in [-0.25, -0.2) is 14.6 Å². The zero-order valence-electron chi connectivity index (χ0n) is 27.7. The summed E-state index contributed by atoms with van der Waals surface area (Å²) >= 11 is 8.44. The Bertz CT molecular complexity index is 1850. The van der Waals surface area contributed by atoms with Gasteiger partial charge in [-0.15, -0.1) is 23.1 Å². The van der Waals surface area contributed by atoms with Gasteiger partial charge in [0, 0.05) is 29.5 Å². The number of amides is 4. The van der Waals surface area contributed by atoms with E-state index in [-0.39, 0.29) is 51.6 Å². The molecule has 0 unspecified atom stereocenters. The van der Waals surface area contributed by atoms with Gasteiger partial charge < -0.3 is 46.3 Å². The van der Waals surface area contributed by atoms with Gasteiger partial charge in [-0.05, 0) is 18.6 Å². The van der Waals surface area contributed by atoms with E-state index >= 15 is 0 Å². The number of aromatic hydroxyl groups is 1. The fraction of sp³-hybridized carbons (Fsp3) is 0.419. The average Bonchev–Trinajstić information content (AvgIpc) is 3.75. The third-order valence-corrected chi connectivity index (χ3v) is 11.3. The molecule has 5 rings (SSSR count). The highest BCUT2D eigenvalue weighted by molar-refractivity contribution is 8.00. The van der Waals surface area contributed by atoms with Crippen LogP contribution in [0.2, 0.25) is 5.02 Å². The number of hydrogen-bond donors (Lipinski definition) is 7. The summed E-state index contributed by atoms with van der Waals surface area (Å²) in [4.78, 5) is 84.9. The van der Waals surface area contributed by atoms with E-state index in [0.717, 1.165) is 42.2 Å². The summed E-state index contributed by atoms with van der Waals surface area (Å²) in [7, 11) is 0. The molecule has 3 aliphatic heterocycles. The number of thiazole rings is 1. The summed E-state index contributed by atoms with van der Waals surface area (Å²) in [6.07, 6.45) is 0.405. The summed E-state index contributed by atoms with van der Waals surface area (Å²) in [5, 5.41) is 41.7. The number of halogens is 1.